The van der Waals surface area contributed by atoms with Crippen molar-refractivity contribution in [2.24, 2.45) is 0 Å². The number of non-ortho nitro benzene ring substituents is 1. The number of nitro groups is 1. The highest BCUT2D eigenvalue weighted by molar-refractivity contribution is 5.64. The number of nitrogens with zero attached hydrogens (tertiary/aromatic N) is 1. The fourth-order valence-corrected chi connectivity index (χ4v) is 1.42. The molecule has 101 valence electrons. The van der Waals surface area contributed by atoms with Gasteiger partial charge in [-0.15, -0.1) is 0 Å². The average Bonchev–Trinajstić information content (AvgIpc) is 2.47. The summed E-state index contributed by atoms with van der Waals surface area (Å²) in [5.74, 6) is 0.182. The van der Waals surface area contributed by atoms with E-state index in [1.165, 1.54) is 24.3 Å². The third-order valence-corrected chi connectivity index (χ3v) is 2.39. The number of carbonyl (C=O) groups is 1. The summed E-state index contributed by atoms with van der Waals surface area (Å²) >= 11 is 0. The van der Waals surface area contributed by atoms with E-state index >= 15 is 0 Å². The van der Waals surface area contributed by atoms with E-state index in [-0.39, 0.29) is 18.0 Å². The Labute approximate surface area is 114 Å². The lowest BCUT2D eigenvalue weighted by Gasteiger charge is -2.05. The predicted octanol–water partition coefficient (Wildman–Crippen LogP) is 3.11. The first kappa shape index (κ1) is 13.5. The number of rotatable bonds is 4. The van der Waals surface area contributed by atoms with Gasteiger partial charge in [0.25, 0.3) is 5.69 Å². The minimum atomic E-state index is -0.869. The lowest BCUT2D eigenvalue weighted by Crippen LogP contribution is -2.10. The van der Waals surface area contributed by atoms with Crippen molar-refractivity contribution in [3.63, 3.8) is 0 Å². The Morgan fingerprint density at radius 1 is 1.15 bits per heavy atom. The summed E-state index contributed by atoms with van der Waals surface area (Å²) in [7, 11) is 0. The Kier molecular flexibility index (Phi) is 4.28. The molecule has 20 heavy (non-hydrogen) atoms. The van der Waals surface area contributed by atoms with Crippen molar-refractivity contribution in [1.29, 1.82) is 0 Å². The van der Waals surface area contributed by atoms with Gasteiger partial charge in [0.2, 0.25) is 0 Å². The highest BCUT2D eigenvalue weighted by Gasteiger charge is 2.09. The molecule has 1 radical (unpaired) electrons. The van der Waals surface area contributed by atoms with Crippen molar-refractivity contribution in [3.05, 3.63) is 70.3 Å². The van der Waals surface area contributed by atoms with Crippen molar-refractivity contribution in [1.82, 2.24) is 0 Å². The van der Waals surface area contributed by atoms with Crippen LogP contribution in [-0.4, -0.2) is 11.1 Å². The molecule has 0 bridgehead atoms. The molecule has 0 unspecified atom stereocenters. The summed E-state index contributed by atoms with van der Waals surface area (Å²) in [4.78, 5) is 21.3. The molecule has 0 saturated heterocycles. The van der Waals surface area contributed by atoms with Gasteiger partial charge in [0.1, 0.15) is 12.4 Å². The monoisotopic (exact) mass is 272 g/mol. The molecule has 0 aliphatic carbocycles. The van der Waals surface area contributed by atoms with E-state index in [9.17, 15) is 14.9 Å². The Morgan fingerprint density at radius 2 is 1.80 bits per heavy atom. The van der Waals surface area contributed by atoms with Crippen LogP contribution in [0.1, 0.15) is 5.56 Å². The van der Waals surface area contributed by atoms with Crippen LogP contribution in [0.25, 0.3) is 0 Å². The van der Waals surface area contributed by atoms with Crippen molar-refractivity contribution < 1.29 is 19.2 Å². The molecule has 0 atom stereocenters. The fraction of sp³-hybridized carbons (Fsp3) is 0.0714. The van der Waals surface area contributed by atoms with Gasteiger partial charge in [-0.3, -0.25) is 10.1 Å². The predicted molar refractivity (Wildman–Crippen MR) is 69.2 cm³/mol. The van der Waals surface area contributed by atoms with E-state index in [0.29, 0.717) is 0 Å². The first-order valence-corrected chi connectivity index (χ1v) is 5.69. The number of nitro benzene ring substituents is 1. The maximum Gasteiger partial charge on any atom is 0.514 e. The van der Waals surface area contributed by atoms with E-state index in [1.807, 2.05) is 0 Å². The first-order valence-electron chi connectivity index (χ1n) is 5.69. The topological polar surface area (TPSA) is 78.7 Å². The molecule has 0 N–H and O–H groups in total. The van der Waals surface area contributed by atoms with Crippen LogP contribution in [0.3, 0.4) is 0 Å². The molecule has 0 spiro atoms. The van der Waals surface area contributed by atoms with Gasteiger partial charge >= 0.3 is 6.16 Å². The molecule has 0 heterocycles. The molecule has 2 rings (SSSR count). The lowest BCUT2D eigenvalue weighted by molar-refractivity contribution is -0.384. The van der Waals surface area contributed by atoms with Crippen LogP contribution < -0.4 is 4.74 Å². The van der Waals surface area contributed by atoms with Crippen LogP contribution >= 0.6 is 0 Å². The lowest BCUT2D eigenvalue weighted by atomic mass is 10.2. The highest BCUT2D eigenvalue weighted by atomic mass is 16.7. The van der Waals surface area contributed by atoms with Crippen molar-refractivity contribution in [2.45, 2.75) is 6.61 Å². The van der Waals surface area contributed by atoms with Gasteiger partial charge in [-0.05, 0) is 23.8 Å². The van der Waals surface area contributed by atoms with Gasteiger partial charge in [0.05, 0.1) is 4.92 Å². The second-order valence-electron chi connectivity index (χ2n) is 3.80. The molecule has 0 aliphatic rings. The van der Waals surface area contributed by atoms with E-state index in [4.69, 9.17) is 9.47 Å². The number of hydrogen-bond acceptors (Lipinski definition) is 5. The van der Waals surface area contributed by atoms with Gasteiger partial charge in [-0.2, -0.15) is 0 Å². The molecule has 0 fully saturated rings. The normalized spacial score (nSPS) is 9.80. The molecule has 0 amide bonds. The fourth-order valence-electron chi connectivity index (χ4n) is 1.42. The quantitative estimate of drug-likeness (QED) is 0.370. The number of hydrogen-bond donors (Lipinski definition) is 0. The van der Waals surface area contributed by atoms with Gasteiger partial charge in [0.15, 0.2) is 0 Å². The van der Waals surface area contributed by atoms with Gasteiger partial charge in [-0.25, -0.2) is 4.79 Å². The van der Waals surface area contributed by atoms with E-state index < -0.39 is 11.1 Å². The Morgan fingerprint density at radius 3 is 2.40 bits per heavy atom. The number of carbonyl (C=O) groups excluding carboxylic acids is 1. The molecule has 6 nitrogen and oxygen atoms in total. The number of ether oxygens (including phenoxy) is 2. The zero-order chi connectivity index (χ0) is 14.4. The maximum atomic E-state index is 11.4. The van der Waals surface area contributed by atoms with E-state index in [2.05, 4.69) is 6.07 Å². The zero-order valence-corrected chi connectivity index (χ0v) is 10.3. The largest absolute Gasteiger partial charge is 0.514 e. The highest BCUT2D eigenvalue weighted by Crippen LogP contribution is 2.17. The summed E-state index contributed by atoms with van der Waals surface area (Å²) in [5.41, 5.74) is 0.732. The van der Waals surface area contributed by atoms with Crippen LogP contribution in [0.4, 0.5) is 10.5 Å². The smallest absolute Gasteiger partial charge is 0.429 e. The Balaban J connectivity index is 1.86. The van der Waals surface area contributed by atoms with Crippen molar-refractivity contribution >= 4 is 11.8 Å². The Bertz CT molecular complexity index is 595. The summed E-state index contributed by atoms with van der Waals surface area (Å²) in [6, 6.07) is 14.9. The summed E-state index contributed by atoms with van der Waals surface area (Å²) in [6.07, 6.45) is -0.869. The van der Waals surface area contributed by atoms with Crippen LogP contribution in [0.15, 0.2) is 48.5 Å². The molecule has 0 aromatic heterocycles. The van der Waals surface area contributed by atoms with Crippen LogP contribution in [-0.2, 0) is 11.3 Å². The van der Waals surface area contributed by atoms with Crippen molar-refractivity contribution in [3.8, 4) is 5.75 Å². The zero-order valence-electron chi connectivity index (χ0n) is 10.3. The first-order chi connectivity index (χ1) is 9.65. The molecule has 2 aromatic rings. The molecule has 0 aliphatic heterocycles. The minimum absolute atomic E-state index is 0.0775. The molecular formula is C14H10NO5. The summed E-state index contributed by atoms with van der Waals surface area (Å²) in [6.45, 7) is 0.0838. The van der Waals surface area contributed by atoms with Crippen LogP contribution in [0.2, 0.25) is 0 Å². The van der Waals surface area contributed by atoms with Gasteiger partial charge in [-0.1, -0.05) is 24.3 Å². The van der Waals surface area contributed by atoms with Gasteiger partial charge < -0.3 is 9.47 Å². The summed E-state index contributed by atoms with van der Waals surface area (Å²) in [5, 5.41) is 10.5. The van der Waals surface area contributed by atoms with E-state index in [0.717, 1.165) is 5.56 Å². The third kappa shape index (κ3) is 3.81. The maximum absolute atomic E-state index is 11.4. The average molecular weight is 272 g/mol. The second-order valence-corrected chi connectivity index (χ2v) is 3.80. The standard InChI is InChI=1S/C14H10NO5/c16-14(19-10-11-4-2-1-3-5-11)20-13-8-6-12(7-9-13)15(17)18/h2-9H,10H2. The molecule has 0 saturated carbocycles. The summed E-state index contributed by atoms with van der Waals surface area (Å²) < 4.78 is 9.78. The van der Waals surface area contributed by atoms with Crippen LogP contribution in [0, 0.1) is 16.2 Å². The van der Waals surface area contributed by atoms with E-state index in [1.54, 1.807) is 24.3 Å². The second kappa shape index (κ2) is 6.33. The van der Waals surface area contributed by atoms with Gasteiger partial charge in [0, 0.05) is 12.1 Å². The molecular weight excluding hydrogens is 262 g/mol. The minimum Gasteiger partial charge on any atom is -0.429 e. The molecule has 6 heteroatoms. The Hall–Kier alpha value is -2.89. The molecule has 2 aromatic carbocycles. The SMILES string of the molecule is O=C(OCc1cc[c]cc1)Oc1ccc([N+](=O)[O-])cc1. The van der Waals surface area contributed by atoms with Crippen LogP contribution in [0.5, 0.6) is 5.75 Å². The number of benzene rings is 2. The van der Waals surface area contributed by atoms with Crippen molar-refractivity contribution in [2.75, 3.05) is 0 Å². The third-order valence-electron chi connectivity index (χ3n) is 2.39.